The number of hydrogen-bond acceptors (Lipinski definition) is 4. The Labute approximate surface area is 154 Å². The second-order valence-electron chi connectivity index (χ2n) is 7.25. The molecule has 2 aliphatic heterocycles. The lowest BCUT2D eigenvalue weighted by molar-refractivity contribution is 0.0924. The molecule has 26 heavy (non-hydrogen) atoms. The molecule has 1 aromatic heterocycles. The van der Waals surface area contributed by atoms with E-state index in [0.29, 0.717) is 11.7 Å². The van der Waals surface area contributed by atoms with Crippen molar-refractivity contribution in [3.05, 3.63) is 48.3 Å². The summed E-state index contributed by atoms with van der Waals surface area (Å²) in [7, 11) is 0. The zero-order valence-corrected chi connectivity index (χ0v) is 15.1. The van der Waals surface area contributed by atoms with E-state index in [9.17, 15) is 4.79 Å². The van der Waals surface area contributed by atoms with Gasteiger partial charge in [-0.15, -0.1) is 0 Å². The summed E-state index contributed by atoms with van der Waals surface area (Å²) >= 11 is 0. The van der Waals surface area contributed by atoms with Crippen molar-refractivity contribution in [2.24, 2.45) is 0 Å². The molecular weight excluding hydrogens is 326 g/mol. The summed E-state index contributed by atoms with van der Waals surface area (Å²) in [5.74, 6) is -0.0503. The van der Waals surface area contributed by atoms with Gasteiger partial charge in [-0.2, -0.15) is 5.10 Å². The molecule has 3 heterocycles. The topological polar surface area (TPSA) is 62.2 Å². The van der Waals surface area contributed by atoms with Crippen molar-refractivity contribution < 1.29 is 4.79 Å². The Hall–Kier alpha value is -2.34. The molecule has 2 fully saturated rings. The summed E-state index contributed by atoms with van der Waals surface area (Å²) < 4.78 is 1.94. The molecule has 1 aromatic carbocycles. The van der Waals surface area contributed by atoms with E-state index in [4.69, 9.17) is 0 Å². The molecule has 0 bridgehead atoms. The lowest BCUT2D eigenvalue weighted by atomic mass is 10.0. The van der Waals surface area contributed by atoms with Crippen molar-refractivity contribution in [3.8, 4) is 0 Å². The number of para-hydroxylation sites is 1. The van der Waals surface area contributed by atoms with E-state index in [-0.39, 0.29) is 11.9 Å². The van der Waals surface area contributed by atoms with Gasteiger partial charge in [0.15, 0.2) is 0 Å². The van der Waals surface area contributed by atoms with Crippen LogP contribution in [0.4, 0.5) is 5.69 Å². The number of nitrogens with zero attached hydrogens (tertiary/aromatic N) is 3. The van der Waals surface area contributed by atoms with Crippen LogP contribution in [0.2, 0.25) is 0 Å². The van der Waals surface area contributed by atoms with Crippen molar-refractivity contribution in [2.75, 3.05) is 31.1 Å². The smallest absolute Gasteiger partial charge is 0.271 e. The Morgan fingerprint density at radius 1 is 1.12 bits per heavy atom. The van der Waals surface area contributed by atoms with E-state index < -0.39 is 0 Å². The van der Waals surface area contributed by atoms with Gasteiger partial charge >= 0.3 is 0 Å². The van der Waals surface area contributed by atoms with E-state index in [1.807, 2.05) is 23.0 Å². The van der Waals surface area contributed by atoms with Gasteiger partial charge in [0.2, 0.25) is 0 Å². The Morgan fingerprint density at radius 3 is 2.65 bits per heavy atom. The summed E-state index contributed by atoms with van der Waals surface area (Å²) in [4.78, 5) is 14.9. The number of amides is 1. The number of hydrogen-bond donors (Lipinski definition) is 2. The van der Waals surface area contributed by atoms with E-state index in [2.05, 4.69) is 44.9 Å². The molecule has 6 heteroatoms. The minimum absolute atomic E-state index is 0.0503. The van der Waals surface area contributed by atoms with Crippen LogP contribution in [-0.4, -0.2) is 47.9 Å². The molecule has 2 N–H and O–H groups in total. The zero-order chi connectivity index (χ0) is 17.8. The van der Waals surface area contributed by atoms with Crippen molar-refractivity contribution in [1.82, 2.24) is 20.4 Å². The molecule has 0 saturated carbocycles. The van der Waals surface area contributed by atoms with Crippen molar-refractivity contribution >= 4 is 11.6 Å². The molecule has 138 valence electrons. The molecule has 0 aliphatic carbocycles. The highest BCUT2D eigenvalue weighted by molar-refractivity contribution is 5.92. The van der Waals surface area contributed by atoms with Gasteiger partial charge in [-0.3, -0.25) is 9.48 Å². The van der Waals surface area contributed by atoms with Crippen LogP contribution < -0.4 is 15.5 Å². The molecule has 0 radical (unpaired) electrons. The molecule has 4 rings (SSSR count). The summed E-state index contributed by atoms with van der Waals surface area (Å²) in [5.41, 5.74) is 1.79. The first-order valence-electron chi connectivity index (χ1n) is 9.66. The van der Waals surface area contributed by atoms with Gasteiger partial charge in [0.1, 0.15) is 5.69 Å². The van der Waals surface area contributed by atoms with Crippen LogP contribution in [0.5, 0.6) is 0 Å². The Morgan fingerprint density at radius 2 is 1.92 bits per heavy atom. The van der Waals surface area contributed by atoms with Gasteiger partial charge in [-0.1, -0.05) is 18.2 Å². The fourth-order valence-corrected chi connectivity index (χ4v) is 3.90. The zero-order valence-electron chi connectivity index (χ0n) is 15.1. The van der Waals surface area contributed by atoms with Gasteiger partial charge in [0, 0.05) is 37.6 Å². The number of benzene rings is 1. The standard InChI is InChI=1S/C20H27N5O/c26-20(19-10-14-25(23-19)18-7-4-11-21-15-18)22-16-8-12-24(13-9-16)17-5-2-1-3-6-17/h1-3,5-6,10,14,16,18,21H,4,7-9,11-13,15H2,(H,22,26). The summed E-state index contributed by atoms with van der Waals surface area (Å²) in [6, 6.07) is 12.9. The van der Waals surface area contributed by atoms with Crippen molar-refractivity contribution in [2.45, 2.75) is 37.8 Å². The highest BCUT2D eigenvalue weighted by Crippen LogP contribution is 2.20. The monoisotopic (exact) mass is 353 g/mol. The van der Waals surface area contributed by atoms with Gasteiger partial charge in [-0.25, -0.2) is 0 Å². The van der Waals surface area contributed by atoms with Gasteiger partial charge in [0.25, 0.3) is 5.91 Å². The lowest BCUT2D eigenvalue weighted by Crippen LogP contribution is -2.44. The third-order valence-corrected chi connectivity index (χ3v) is 5.44. The van der Waals surface area contributed by atoms with Gasteiger partial charge < -0.3 is 15.5 Å². The number of piperidine rings is 2. The molecule has 2 aromatic rings. The largest absolute Gasteiger partial charge is 0.371 e. The molecule has 1 amide bonds. The lowest BCUT2D eigenvalue weighted by Gasteiger charge is -2.33. The molecule has 2 aliphatic rings. The molecule has 6 nitrogen and oxygen atoms in total. The predicted molar refractivity (Wildman–Crippen MR) is 103 cm³/mol. The maximum atomic E-state index is 12.5. The highest BCUT2D eigenvalue weighted by Gasteiger charge is 2.23. The number of carbonyl (C=O) groups is 1. The number of rotatable bonds is 4. The summed E-state index contributed by atoms with van der Waals surface area (Å²) in [5, 5.41) is 11.1. The van der Waals surface area contributed by atoms with Crippen LogP contribution in [-0.2, 0) is 0 Å². The maximum absolute atomic E-state index is 12.5. The number of aromatic nitrogens is 2. The number of anilines is 1. The molecular formula is C20H27N5O. The number of nitrogens with one attached hydrogen (secondary N) is 2. The fraction of sp³-hybridized carbons (Fsp3) is 0.500. The third-order valence-electron chi connectivity index (χ3n) is 5.44. The fourth-order valence-electron chi connectivity index (χ4n) is 3.90. The Bertz CT molecular complexity index is 715. The van der Waals surface area contributed by atoms with E-state index in [1.54, 1.807) is 0 Å². The first kappa shape index (κ1) is 17.1. The first-order chi connectivity index (χ1) is 12.8. The third kappa shape index (κ3) is 3.90. The van der Waals surface area contributed by atoms with Crippen molar-refractivity contribution in [1.29, 1.82) is 0 Å². The van der Waals surface area contributed by atoms with E-state index in [0.717, 1.165) is 51.9 Å². The molecule has 2 saturated heterocycles. The second-order valence-corrected chi connectivity index (χ2v) is 7.25. The minimum atomic E-state index is -0.0503. The van der Waals surface area contributed by atoms with Crippen LogP contribution >= 0.6 is 0 Å². The van der Waals surface area contributed by atoms with Gasteiger partial charge in [0.05, 0.1) is 6.04 Å². The first-order valence-corrected chi connectivity index (χ1v) is 9.66. The average molecular weight is 353 g/mol. The molecule has 0 spiro atoms. The van der Waals surface area contributed by atoms with Crippen LogP contribution in [0.15, 0.2) is 42.6 Å². The summed E-state index contributed by atoms with van der Waals surface area (Å²) in [6.45, 7) is 3.95. The minimum Gasteiger partial charge on any atom is -0.371 e. The Kier molecular flexibility index (Phi) is 5.20. The SMILES string of the molecule is O=C(NC1CCN(c2ccccc2)CC1)c1ccn(C2CCCNC2)n1. The maximum Gasteiger partial charge on any atom is 0.271 e. The molecule has 1 unspecified atom stereocenters. The van der Waals surface area contributed by atoms with Crippen LogP contribution in [0.3, 0.4) is 0 Å². The average Bonchev–Trinajstić information content (AvgIpc) is 3.20. The normalized spacial score (nSPS) is 21.5. The van der Waals surface area contributed by atoms with Crippen LogP contribution in [0.1, 0.15) is 42.2 Å². The van der Waals surface area contributed by atoms with Crippen LogP contribution in [0.25, 0.3) is 0 Å². The van der Waals surface area contributed by atoms with Gasteiger partial charge in [-0.05, 0) is 50.4 Å². The van der Waals surface area contributed by atoms with Crippen LogP contribution in [0, 0.1) is 0 Å². The van der Waals surface area contributed by atoms with E-state index >= 15 is 0 Å². The molecule has 1 atom stereocenters. The summed E-state index contributed by atoms with van der Waals surface area (Å²) in [6.07, 6.45) is 6.14. The second kappa shape index (κ2) is 7.91. The Balaban J connectivity index is 1.29. The quantitative estimate of drug-likeness (QED) is 0.885. The van der Waals surface area contributed by atoms with Crippen molar-refractivity contribution in [3.63, 3.8) is 0 Å². The predicted octanol–water partition coefficient (Wildman–Crippen LogP) is 2.21. The van der Waals surface area contributed by atoms with E-state index in [1.165, 1.54) is 5.69 Å². The number of carbonyl (C=O) groups excluding carboxylic acids is 1. The highest BCUT2D eigenvalue weighted by atomic mass is 16.2.